The van der Waals surface area contributed by atoms with Crippen LogP contribution in [0, 0.1) is 11.7 Å². The molecule has 0 radical (unpaired) electrons. The topological polar surface area (TPSA) is 128 Å². The van der Waals surface area contributed by atoms with Crippen LogP contribution in [-0.2, 0) is 5.54 Å². The third-order valence-electron chi connectivity index (χ3n) is 5.43. The molecule has 0 spiro atoms. The SMILES string of the molecule is COc1cnc(C(=O)Nc2ccc(F)c([C@](NC(N)=O)(C(F)F)C3CCC3)c2)c(OC)n1. The van der Waals surface area contributed by atoms with Crippen LogP contribution in [0.4, 0.5) is 23.7 Å². The molecule has 0 unspecified atom stereocenters. The summed E-state index contributed by atoms with van der Waals surface area (Å²) in [6.07, 6.45) is -0.567. The average Bonchev–Trinajstić information content (AvgIpc) is 2.72. The monoisotopic (exact) mass is 453 g/mol. The van der Waals surface area contributed by atoms with Gasteiger partial charge in [0.25, 0.3) is 12.3 Å². The van der Waals surface area contributed by atoms with Crippen molar-refractivity contribution in [1.82, 2.24) is 15.3 Å². The molecule has 3 rings (SSSR count). The number of aromatic nitrogens is 2. The number of benzene rings is 1. The van der Waals surface area contributed by atoms with Gasteiger partial charge in [-0.25, -0.2) is 22.9 Å². The summed E-state index contributed by atoms with van der Waals surface area (Å²) in [5.74, 6) is -2.48. The number of hydrogen-bond donors (Lipinski definition) is 3. The summed E-state index contributed by atoms with van der Waals surface area (Å²) in [6.45, 7) is 0. The Hall–Kier alpha value is -3.57. The number of primary amides is 1. The normalized spacial score (nSPS) is 15.4. The molecular weight excluding hydrogens is 431 g/mol. The molecule has 4 N–H and O–H groups in total. The molecular formula is C20H22F3N5O4. The number of carbonyl (C=O) groups is 2. The fourth-order valence-electron chi connectivity index (χ4n) is 3.67. The van der Waals surface area contributed by atoms with E-state index >= 15 is 0 Å². The first kappa shape index (κ1) is 23.1. The quantitative estimate of drug-likeness (QED) is 0.564. The molecule has 12 heteroatoms. The second-order valence-corrected chi connectivity index (χ2v) is 7.21. The van der Waals surface area contributed by atoms with Gasteiger partial charge in [-0.15, -0.1) is 0 Å². The largest absolute Gasteiger partial charge is 0.480 e. The third kappa shape index (κ3) is 4.25. The molecule has 1 aromatic heterocycles. The zero-order chi connectivity index (χ0) is 23.5. The summed E-state index contributed by atoms with van der Waals surface area (Å²) in [4.78, 5) is 32.1. The summed E-state index contributed by atoms with van der Waals surface area (Å²) in [6, 6.07) is 1.98. The van der Waals surface area contributed by atoms with Gasteiger partial charge in [-0.1, -0.05) is 6.42 Å². The molecule has 1 aliphatic rings. The first-order valence-corrected chi connectivity index (χ1v) is 9.65. The molecule has 1 aromatic carbocycles. The van der Waals surface area contributed by atoms with Crippen LogP contribution in [0.15, 0.2) is 24.4 Å². The number of nitrogens with two attached hydrogens (primary N) is 1. The molecule has 0 aliphatic heterocycles. The minimum absolute atomic E-state index is 0.00156. The van der Waals surface area contributed by atoms with Crippen LogP contribution in [0.25, 0.3) is 0 Å². The second kappa shape index (κ2) is 9.28. The minimum atomic E-state index is -3.15. The molecule has 32 heavy (non-hydrogen) atoms. The van der Waals surface area contributed by atoms with Gasteiger partial charge in [0.15, 0.2) is 5.69 Å². The summed E-state index contributed by atoms with van der Waals surface area (Å²) in [7, 11) is 2.64. The number of nitrogens with one attached hydrogen (secondary N) is 2. The van der Waals surface area contributed by atoms with Crippen molar-refractivity contribution in [3.05, 3.63) is 41.5 Å². The number of halogens is 3. The summed E-state index contributed by atoms with van der Waals surface area (Å²) < 4.78 is 53.3. The lowest BCUT2D eigenvalue weighted by Crippen LogP contribution is -2.59. The number of rotatable bonds is 8. The van der Waals surface area contributed by atoms with Crippen molar-refractivity contribution in [3.63, 3.8) is 0 Å². The fourth-order valence-corrected chi connectivity index (χ4v) is 3.67. The van der Waals surface area contributed by atoms with Crippen LogP contribution < -0.4 is 25.8 Å². The van der Waals surface area contributed by atoms with Crippen LogP contribution in [0.3, 0.4) is 0 Å². The zero-order valence-electron chi connectivity index (χ0n) is 17.3. The molecule has 172 valence electrons. The van der Waals surface area contributed by atoms with Gasteiger partial charge in [-0.3, -0.25) is 4.79 Å². The Bertz CT molecular complexity index is 1020. The zero-order valence-corrected chi connectivity index (χ0v) is 17.3. The third-order valence-corrected chi connectivity index (χ3v) is 5.43. The maximum absolute atomic E-state index is 14.8. The van der Waals surface area contributed by atoms with Gasteiger partial charge in [0.1, 0.15) is 11.4 Å². The van der Waals surface area contributed by atoms with E-state index < -0.39 is 41.2 Å². The molecule has 1 heterocycles. The molecule has 3 amide bonds. The van der Waals surface area contributed by atoms with E-state index in [1.807, 2.05) is 0 Å². The summed E-state index contributed by atoms with van der Waals surface area (Å²) >= 11 is 0. The van der Waals surface area contributed by atoms with Crippen molar-refractivity contribution >= 4 is 17.6 Å². The highest BCUT2D eigenvalue weighted by atomic mass is 19.3. The predicted octanol–water partition coefficient (Wildman–Crippen LogP) is 2.81. The predicted molar refractivity (Wildman–Crippen MR) is 107 cm³/mol. The van der Waals surface area contributed by atoms with E-state index in [0.717, 1.165) is 12.1 Å². The molecule has 1 atom stereocenters. The number of nitrogens with zero attached hydrogens (tertiary/aromatic N) is 2. The van der Waals surface area contributed by atoms with E-state index in [-0.39, 0.29) is 23.1 Å². The molecule has 0 saturated heterocycles. The van der Waals surface area contributed by atoms with E-state index in [2.05, 4.69) is 20.6 Å². The van der Waals surface area contributed by atoms with Crippen LogP contribution in [0.1, 0.15) is 35.3 Å². The maximum Gasteiger partial charge on any atom is 0.313 e. The second-order valence-electron chi connectivity index (χ2n) is 7.21. The summed E-state index contributed by atoms with van der Waals surface area (Å²) in [5, 5.41) is 4.53. The first-order chi connectivity index (χ1) is 15.2. The Balaban J connectivity index is 1.99. The van der Waals surface area contributed by atoms with Crippen molar-refractivity contribution < 1.29 is 32.2 Å². The van der Waals surface area contributed by atoms with Crippen molar-refractivity contribution in [1.29, 1.82) is 0 Å². The van der Waals surface area contributed by atoms with E-state index in [1.54, 1.807) is 0 Å². The number of anilines is 1. The Morgan fingerprint density at radius 2 is 1.97 bits per heavy atom. The lowest BCUT2D eigenvalue weighted by atomic mass is 9.67. The number of carbonyl (C=O) groups excluding carboxylic acids is 2. The van der Waals surface area contributed by atoms with Gasteiger partial charge in [0.05, 0.1) is 20.4 Å². The number of amides is 3. The lowest BCUT2D eigenvalue weighted by Gasteiger charge is -2.45. The van der Waals surface area contributed by atoms with Crippen LogP contribution >= 0.6 is 0 Å². The molecule has 1 saturated carbocycles. The number of urea groups is 1. The maximum atomic E-state index is 14.8. The highest BCUT2D eigenvalue weighted by Crippen LogP contribution is 2.47. The Morgan fingerprint density at radius 1 is 1.25 bits per heavy atom. The van der Waals surface area contributed by atoms with Crippen LogP contribution in [-0.4, -0.2) is 42.6 Å². The summed E-state index contributed by atoms with van der Waals surface area (Å²) in [5.41, 5.74) is 2.16. The fraction of sp³-hybridized carbons (Fsp3) is 0.400. The molecule has 1 aliphatic carbocycles. The Labute approximate surface area is 181 Å². The van der Waals surface area contributed by atoms with Crippen molar-refractivity contribution in [2.24, 2.45) is 11.7 Å². The smallest absolute Gasteiger partial charge is 0.313 e. The Morgan fingerprint density at radius 3 is 2.50 bits per heavy atom. The lowest BCUT2D eigenvalue weighted by molar-refractivity contribution is -0.0297. The van der Waals surface area contributed by atoms with Gasteiger partial charge in [0, 0.05) is 11.3 Å². The molecule has 0 bridgehead atoms. The van der Waals surface area contributed by atoms with Crippen molar-refractivity contribution in [2.45, 2.75) is 31.2 Å². The van der Waals surface area contributed by atoms with E-state index in [9.17, 15) is 22.8 Å². The highest BCUT2D eigenvalue weighted by Gasteiger charge is 2.52. The number of methoxy groups -OCH3 is 2. The van der Waals surface area contributed by atoms with Gasteiger partial charge in [-0.2, -0.15) is 4.98 Å². The van der Waals surface area contributed by atoms with Crippen molar-refractivity contribution in [2.75, 3.05) is 19.5 Å². The van der Waals surface area contributed by atoms with E-state index in [1.165, 1.54) is 26.5 Å². The minimum Gasteiger partial charge on any atom is -0.480 e. The van der Waals surface area contributed by atoms with Crippen LogP contribution in [0.2, 0.25) is 0 Å². The van der Waals surface area contributed by atoms with Gasteiger partial charge < -0.3 is 25.8 Å². The first-order valence-electron chi connectivity index (χ1n) is 9.65. The standard InChI is InChI=1S/C20H22F3N5O4/c1-31-14-9-25-15(17(27-14)32-2)16(29)26-11-6-7-13(21)12(8-11)20(18(22)23,28-19(24)30)10-4-3-5-10/h6-10,18H,3-5H2,1-2H3,(H,26,29)(H3,24,28,30)/t20-/m0/s1. The van der Waals surface area contributed by atoms with Gasteiger partial charge >= 0.3 is 6.03 Å². The molecule has 2 aromatic rings. The van der Waals surface area contributed by atoms with Crippen LogP contribution in [0.5, 0.6) is 11.8 Å². The van der Waals surface area contributed by atoms with Crippen molar-refractivity contribution in [3.8, 4) is 11.8 Å². The number of hydrogen-bond acceptors (Lipinski definition) is 6. The van der Waals surface area contributed by atoms with E-state index in [0.29, 0.717) is 19.3 Å². The van der Waals surface area contributed by atoms with Gasteiger partial charge in [0.2, 0.25) is 11.8 Å². The molecule has 9 nitrogen and oxygen atoms in total. The number of ether oxygens (including phenoxy) is 2. The molecule has 1 fully saturated rings. The van der Waals surface area contributed by atoms with E-state index in [4.69, 9.17) is 15.2 Å². The van der Waals surface area contributed by atoms with Gasteiger partial charge in [-0.05, 0) is 37.0 Å². The highest BCUT2D eigenvalue weighted by molar-refractivity contribution is 6.04. The average molecular weight is 453 g/mol. The number of alkyl halides is 2. The Kier molecular flexibility index (Phi) is 6.70.